The fourth-order valence-electron chi connectivity index (χ4n) is 2.59. The third-order valence-corrected chi connectivity index (χ3v) is 3.56. The second kappa shape index (κ2) is 5.44. The fraction of sp³-hybridized carbons (Fsp3) is 0.250. The number of aryl methyl sites for hydroxylation is 1. The Labute approximate surface area is 122 Å². The molecule has 0 unspecified atom stereocenters. The Balaban J connectivity index is 1.81. The molecule has 2 amide bonds. The molecule has 1 atom stereocenters. The van der Waals surface area contributed by atoms with Gasteiger partial charge in [-0.25, -0.2) is 14.9 Å². The number of benzene rings is 1. The van der Waals surface area contributed by atoms with Crippen molar-refractivity contribution in [2.45, 2.75) is 19.8 Å². The smallest absolute Gasteiger partial charge is 0.240 e. The fourth-order valence-corrected chi connectivity index (χ4v) is 2.59. The van der Waals surface area contributed by atoms with Gasteiger partial charge in [0.15, 0.2) is 0 Å². The first-order chi connectivity index (χ1) is 10.1. The molecule has 3 rings (SSSR count). The van der Waals surface area contributed by atoms with Gasteiger partial charge in [0.1, 0.15) is 0 Å². The normalized spacial score (nSPS) is 18.3. The minimum atomic E-state index is -0.330. The Hall–Kier alpha value is -2.56. The number of imide groups is 1. The minimum absolute atomic E-state index is 0.166. The van der Waals surface area contributed by atoms with Crippen LogP contribution < -0.4 is 4.90 Å². The maximum Gasteiger partial charge on any atom is 0.240 e. The Morgan fingerprint density at radius 1 is 1.19 bits per heavy atom. The van der Waals surface area contributed by atoms with Gasteiger partial charge in [0.2, 0.25) is 17.8 Å². The van der Waals surface area contributed by atoms with E-state index in [1.165, 1.54) is 12.4 Å². The van der Waals surface area contributed by atoms with Gasteiger partial charge in [0, 0.05) is 18.8 Å². The summed E-state index contributed by atoms with van der Waals surface area (Å²) < 4.78 is 0. The van der Waals surface area contributed by atoms with E-state index < -0.39 is 0 Å². The molecule has 0 saturated carbocycles. The summed E-state index contributed by atoms with van der Waals surface area (Å²) in [5.41, 5.74) is 2.21. The maximum atomic E-state index is 12.4. The van der Waals surface area contributed by atoms with Crippen molar-refractivity contribution in [2.24, 2.45) is 5.92 Å². The standard InChI is InChI=1S/C16H15N3O2/c1-11-4-2-5-12(8-11)9-13-10-14(20)19(15(13)21)16-17-6-3-7-18-16/h2-8,13H,9-10H2,1H3/t13-/m0/s1. The van der Waals surface area contributed by atoms with Crippen molar-refractivity contribution in [1.82, 2.24) is 9.97 Å². The molecular weight excluding hydrogens is 266 g/mol. The van der Waals surface area contributed by atoms with E-state index in [4.69, 9.17) is 0 Å². The highest BCUT2D eigenvalue weighted by atomic mass is 16.2. The topological polar surface area (TPSA) is 63.2 Å². The van der Waals surface area contributed by atoms with Gasteiger partial charge >= 0.3 is 0 Å². The lowest BCUT2D eigenvalue weighted by molar-refractivity contribution is -0.122. The maximum absolute atomic E-state index is 12.4. The third-order valence-electron chi connectivity index (χ3n) is 3.56. The van der Waals surface area contributed by atoms with Crippen LogP contribution in [0.2, 0.25) is 0 Å². The van der Waals surface area contributed by atoms with Gasteiger partial charge in [-0.2, -0.15) is 0 Å². The van der Waals surface area contributed by atoms with E-state index in [0.717, 1.165) is 16.0 Å². The number of anilines is 1. The summed E-state index contributed by atoms with van der Waals surface area (Å²) in [4.78, 5) is 33.6. The van der Waals surface area contributed by atoms with E-state index in [-0.39, 0.29) is 30.1 Å². The van der Waals surface area contributed by atoms with Crippen molar-refractivity contribution in [3.63, 3.8) is 0 Å². The number of nitrogens with zero attached hydrogens (tertiary/aromatic N) is 3. The van der Waals surface area contributed by atoms with Crippen LogP contribution in [0.3, 0.4) is 0 Å². The molecule has 0 spiro atoms. The number of rotatable bonds is 3. The molecule has 5 heteroatoms. The highest BCUT2D eigenvalue weighted by Gasteiger charge is 2.40. The predicted molar refractivity (Wildman–Crippen MR) is 77.5 cm³/mol. The molecule has 1 aromatic carbocycles. The van der Waals surface area contributed by atoms with E-state index in [1.807, 2.05) is 31.2 Å². The molecule has 2 aromatic rings. The van der Waals surface area contributed by atoms with E-state index in [9.17, 15) is 9.59 Å². The lowest BCUT2D eigenvalue weighted by atomic mass is 9.97. The van der Waals surface area contributed by atoms with E-state index in [1.54, 1.807) is 6.07 Å². The number of aromatic nitrogens is 2. The number of carbonyl (C=O) groups is 2. The van der Waals surface area contributed by atoms with Gasteiger partial charge in [-0.3, -0.25) is 9.59 Å². The first kappa shape index (κ1) is 13.4. The second-order valence-electron chi connectivity index (χ2n) is 5.21. The molecule has 0 radical (unpaired) electrons. The zero-order valence-corrected chi connectivity index (χ0v) is 11.7. The lowest BCUT2D eigenvalue weighted by Gasteiger charge is -2.12. The molecule has 1 fully saturated rings. The lowest BCUT2D eigenvalue weighted by Crippen LogP contribution is -2.32. The van der Waals surface area contributed by atoms with Crippen LogP contribution in [0.15, 0.2) is 42.7 Å². The Morgan fingerprint density at radius 2 is 1.95 bits per heavy atom. The SMILES string of the molecule is Cc1cccc(C[C@H]2CC(=O)N(c3ncccn3)C2=O)c1. The van der Waals surface area contributed by atoms with Crippen LogP contribution in [0.5, 0.6) is 0 Å². The summed E-state index contributed by atoms with van der Waals surface area (Å²) in [6, 6.07) is 9.64. The monoisotopic (exact) mass is 281 g/mol. The number of carbonyl (C=O) groups excluding carboxylic acids is 2. The van der Waals surface area contributed by atoms with Gasteiger partial charge in [-0.1, -0.05) is 29.8 Å². The summed E-state index contributed by atoms with van der Waals surface area (Å²) in [6.45, 7) is 2.01. The highest BCUT2D eigenvalue weighted by Crippen LogP contribution is 2.26. The molecule has 0 bridgehead atoms. The molecule has 1 saturated heterocycles. The van der Waals surface area contributed by atoms with Crippen molar-refractivity contribution in [2.75, 3.05) is 4.90 Å². The Morgan fingerprint density at radius 3 is 2.67 bits per heavy atom. The van der Waals surface area contributed by atoms with Crippen LogP contribution in [0.1, 0.15) is 17.5 Å². The van der Waals surface area contributed by atoms with Crippen molar-refractivity contribution in [3.05, 3.63) is 53.9 Å². The summed E-state index contributed by atoms with van der Waals surface area (Å²) in [6.07, 6.45) is 3.83. The van der Waals surface area contributed by atoms with Crippen LogP contribution >= 0.6 is 0 Å². The second-order valence-corrected chi connectivity index (χ2v) is 5.21. The zero-order valence-electron chi connectivity index (χ0n) is 11.7. The molecule has 1 aliphatic heterocycles. The van der Waals surface area contributed by atoms with Gasteiger partial charge in [0.05, 0.1) is 5.92 Å². The minimum Gasteiger partial charge on any atom is -0.274 e. The van der Waals surface area contributed by atoms with Crippen molar-refractivity contribution >= 4 is 17.8 Å². The molecule has 2 heterocycles. The first-order valence-electron chi connectivity index (χ1n) is 6.84. The van der Waals surface area contributed by atoms with Crippen molar-refractivity contribution < 1.29 is 9.59 Å². The highest BCUT2D eigenvalue weighted by molar-refractivity contribution is 6.19. The summed E-state index contributed by atoms with van der Waals surface area (Å²) in [5, 5.41) is 0. The quantitative estimate of drug-likeness (QED) is 0.806. The van der Waals surface area contributed by atoms with Crippen molar-refractivity contribution in [3.8, 4) is 0 Å². The molecule has 0 aliphatic carbocycles. The molecular formula is C16H15N3O2. The summed E-state index contributed by atoms with van der Waals surface area (Å²) in [5.74, 6) is -0.612. The Bertz CT molecular complexity index is 685. The average molecular weight is 281 g/mol. The van der Waals surface area contributed by atoms with Gasteiger partial charge in [0.25, 0.3) is 0 Å². The Kier molecular flexibility index (Phi) is 3.48. The molecule has 21 heavy (non-hydrogen) atoms. The molecule has 5 nitrogen and oxygen atoms in total. The predicted octanol–water partition coefficient (Wildman–Crippen LogP) is 1.91. The van der Waals surface area contributed by atoms with Crippen LogP contribution in [0, 0.1) is 12.8 Å². The number of amides is 2. The number of hydrogen-bond acceptors (Lipinski definition) is 4. The van der Waals surface area contributed by atoms with Crippen LogP contribution in [0.25, 0.3) is 0 Å². The third kappa shape index (κ3) is 2.67. The number of hydrogen-bond donors (Lipinski definition) is 0. The van der Waals surface area contributed by atoms with Gasteiger partial charge in [-0.15, -0.1) is 0 Å². The van der Waals surface area contributed by atoms with E-state index in [2.05, 4.69) is 9.97 Å². The van der Waals surface area contributed by atoms with Crippen LogP contribution in [-0.2, 0) is 16.0 Å². The van der Waals surface area contributed by atoms with E-state index >= 15 is 0 Å². The summed E-state index contributed by atoms with van der Waals surface area (Å²) in [7, 11) is 0. The first-order valence-corrected chi connectivity index (χ1v) is 6.84. The van der Waals surface area contributed by atoms with E-state index in [0.29, 0.717) is 6.42 Å². The van der Waals surface area contributed by atoms with Crippen LogP contribution in [0.4, 0.5) is 5.95 Å². The molecule has 0 N–H and O–H groups in total. The summed E-state index contributed by atoms with van der Waals surface area (Å²) >= 11 is 0. The molecule has 1 aliphatic rings. The van der Waals surface area contributed by atoms with Crippen molar-refractivity contribution in [1.29, 1.82) is 0 Å². The zero-order chi connectivity index (χ0) is 14.8. The molecule has 1 aromatic heterocycles. The molecule has 106 valence electrons. The van der Waals surface area contributed by atoms with Gasteiger partial charge in [-0.05, 0) is 25.0 Å². The largest absolute Gasteiger partial charge is 0.274 e. The average Bonchev–Trinajstić information content (AvgIpc) is 2.74. The van der Waals surface area contributed by atoms with Crippen LogP contribution in [-0.4, -0.2) is 21.8 Å². The van der Waals surface area contributed by atoms with Gasteiger partial charge < -0.3 is 0 Å².